The van der Waals surface area contributed by atoms with Crippen LogP contribution < -0.4 is 10.5 Å². The molecule has 1 aliphatic rings. The maximum atomic E-state index is 13.1. The van der Waals surface area contributed by atoms with Crippen molar-refractivity contribution in [3.8, 4) is 0 Å². The molecule has 1 fully saturated rings. The Morgan fingerprint density at radius 3 is 2.54 bits per heavy atom. The van der Waals surface area contributed by atoms with Crippen molar-refractivity contribution in [3.05, 3.63) is 76.2 Å². The SMILES string of the molecule is O=C(O)[C@@H](N=Cc1c(N2CCCC2)nc2ccccn2c1=O)c1ccccc1. The number of carboxylic acids is 1. The van der Waals surface area contributed by atoms with Gasteiger partial charge in [0, 0.05) is 25.5 Å². The van der Waals surface area contributed by atoms with Crippen LogP contribution in [0.2, 0.25) is 0 Å². The summed E-state index contributed by atoms with van der Waals surface area (Å²) in [6.07, 6.45) is 5.10. The van der Waals surface area contributed by atoms with Crippen LogP contribution in [0, 0.1) is 0 Å². The maximum absolute atomic E-state index is 13.1. The molecule has 0 saturated carbocycles. The van der Waals surface area contributed by atoms with E-state index in [-0.39, 0.29) is 5.56 Å². The van der Waals surface area contributed by atoms with Gasteiger partial charge in [0.15, 0.2) is 6.04 Å². The van der Waals surface area contributed by atoms with Gasteiger partial charge in [0.25, 0.3) is 5.56 Å². The molecule has 142 valence electrons. The summed E-state index contributed by atoms with van der Waals surface area (Å²) in [5.41, 5.74) is 1.17. The fourth-order valence-corrected chi connectivity index (χ4v) is 3.45. The molecule has 1 aromatic carbocycles. The summed E-state index contributed by atoms with van der Waals surface area (Å²) in [6.45, 7) is 1.63. The van der Waals surface area contributed by atoms with E-state index < -0.39 is 12.0 Å². The number of benzene rings is 1. The third kappa shape index (κ3) is 3.38. The predicted octanol–water partition coefficient (Wildman–Crippen LogP) is 2.54. The van der Waals surface area contributed by atoms with Crippen molar-refractivity contribution in [3.63, 3.8) is 0 Å². The Morgan fingerprint density at radius 2 is 1.82 bits per heavy atom. The van der Waals surface area contributed by atoms with Crippen molar-refractivity contribution in [2.45, 2.75) is 18.9 Å². The number of carbonyl (C=O) groups is 1. The van der Waals surface area contributed by atoms with Gasteiger partial charge in [-0.05, 0) is 30.5 Å². The van der Waals surface area contributed by atoms with Crippen molar-refractivity contribution in [1.82, 2.24) is 9.38 Å². The number of hydrogen-bond acceptors (Lipinski definition) is 5. The molecule has 3 heterocycles. The van der Waals surface area contributed by atoms with Gasteiger partial charge in [-0.1, -0.05) is 36.4 Å². The van der Waals surface area contributed by atoms with E-state index >= 15 is 0 Å². The van der Waals surface area contributed by atoms with Gasteiger partial charge in [0.1, 0.15) is 17.0 Å². The van der Waals surface area contributed by atoms with Crippen molar-refractivity contribution >= 4 is 23.6 Å². The minimum absolute atomic E-state index is 0.256. The quantitative estimate of drug-likeness (QED) is 0.692. The Bertz CT molecular complexity index is 1090. The second kappa shape index (κ2) is 7.64. The summed E-state index contributed by atoms with van der Waals surface area (Å²) in [6, 6.07) is 13.1. The number of fused-ring (bicyclic) bond motifs is 1. The Hall–Kier alpha value is -3.48. The number of anilines is 1. The average molecular weight is 376 g/mol. The maximum Gasteiger partial charge on any atom is 0.333 e. The summed E-state index contributed by atoms with van der Waals surface area (Å²) in [7, 11) is 0. The Morgan fingerprint density at radius 1 is 1.11 bits per heavy atom. The highest BCUT2D eigenvalue weighted by Gasteiger charge is 2.22. The number of nitrogens with zero attached hydrogens (tertiary/aromatic N) is 4. The van der Waals surface area contributed by atoms with Gasteiger partial charge in [-0.3, -0.25) is 14.2 Å². The molecule has 3 aromatic rings. The molecule has 0 spiro atoms. The Kier molecular flexibility index (Phi) is 4.89. The molecule has 1 aliphatic heterocycles. The third-order valence-corrected chi connectivity index (χ3v) is 4.86. The van der Waals surface area contributed by atoms with Crippen LogP contribution in [0.4, 0.5) is 5.82 Å². The number of rotatable bonds is 5. The van der Waals surface area contributed by atoms with Crippen LogP contribution in [-0.2, 0) is 4.79 Å². The zero-order valence-electron chi connectivity index (χ0n) is 15.2. The lowest BCUT2D eigenvalue weighted by atomic mass is 10.1. The average Bonchev–Trinajstić information content (AvgIpc) is 3.25. The van der Waals surface area contributed by atoms with Crippen molar-refractivity contribution < 1.29 is 9.90 Å². The van der Waals surface area contributed by atoms with Crippen LogP contribution in [0.3, 0.4) is 0 Å². The van der Waals surface area contributed by atoms with Gasteiger partial charge in [0.2, 0.25) is 0 Å². The fraction of sp³-hybridized carbons (Fsp3) is 0.238. The van der Waals surface area contributed by atoms with Crippen molar-refractivity contribution in [2.75, 3.05) is 18.0 Å². The summed E-state index contributed by atoms with van der Waals surface area (Å²) < 4.78 is 1.46. The van der Waals surface area contributed by atoms with E-state index in [9.17, 15) is 14.7 Å². The van der Waals surface area contributed by atoms with Crippen molar-refractivity contribution in [1.29, 1.82) is 0 Å². The molecule has 2 aromatic heterocycles. The molecule has 7 heteroatoms. The topological polar surface area (TPSA) is 87.3 Å². The molecular formula is C21H20N4O3. The van der Waals surface area contributed by atoms with Gasteiger partial charge in [-0.2, -0.15) is 0 Å². The second-order valence-corrected chi connectivity index (χ2v) is 6.71. The van der Waals surface area contributed by atoms with E-state index in [1.165, 1.54) is 10.6 Å². The number of aliphatic carboxylic acids is 1. The highest BCUT2D eigenvalue weighted by molar-refractivity contribution is 5.89. The van der Waals surface area contributed by atoms with E-state index in [0.717, 1.165) is 25.9 Å². The summed E-state index contributed by atoms with van der Waals surface area (Å²) in [4.78, 5) is 35.8. The van der Waals surface area contributed by atoms with Crippen LogP contribution >= 0.6 is 0 Å². The van der Waals surface area contributed by atoms with Gasteiger partial charge in [-0.25, -0.2) is 9.78 Å². The van der Waals surface area contributed by atoms with Crippen LogP contribution in [0.15, 0.2) is 64.5 Å². The van der Waals surface area contributed by atoms with Gasteiger partial charge in [-0.15, -0.1) is 0 Å². The molecule has 0 unspecified atom stereocenters. The Balaban J connectivity index is 1.83. The van der Waals surface area contributed by atoms with Crippen LogP contribution in [0.25, 0.3) is 5.65 Å². The fourth-order valence-electron chi connectivity index (χ4n) is 3.45. The largest absolute Gasteiger partial charge is 0.479 e. The van der Waals surface area contributed by atoms with E-state index in [4.69, 9.17) is 0 Å². The molecule has 1 atom stereocenters. The first kappa shape index (κ1) is 17.9. The van der Waals surface area contributed by atoms with Crippen LogP contribution in [0.1, 0.15) is 30.0 Å². The first-order valence-corrected chi connectivity index (χ1v) is 9.22. The second-order valence-electron chi connectivity index (χ2n) is 6.71. The highest BCUT2D eigenvalue weighted by atomic mass is 16.4. The molecule has 1 saturated heterocycles. The molecule has 4 rings (SSSR count). The molecular weight excluding hydrogens is 356 g/mol. The lowest BCUT2D eigenvalue weighted by molar-refractivity contribution is -0.138. The lowest BCUT2D eigenvalue weighted by Crippen LogP contribution is -2.28. The highest BCUT2D eigenvalue weighted by Crippen LogP contribution is 2.22. The predicted molar refractivity (Wildman–Crippen MR) is 107 cm³/mol. The van der Waals surface area contributed by atoms with Gasteiger partial charge < -0.3 is 10.0 Å². The first-order chi connectivity index (χ1) is 13.6. The first-order valence-electron chi connectivity index (χ1n) is 9.22. The minimum Gasteiger partial charge on any atom is -0.479 e. The molecule has 1 N–H and O–H groups in total. The molecule has 0 amide bonds. The van der Waals surface area contributed by atoms with Gasteiger partial charge >= 0.3 is 5.97 Å². The number of carboxylic acid groups (broad SMARTS) is 1. The molecule has 28 heavy (non-hydrogen) atoms. The monoisotopic (exact) mass is 376 g/mol. The van der Waals surface area contributed by atoms with E-state index in [0.29, 0.717) is 22.6 Å². The molecule has 7 nitrogen and oxygen atoms in total. The van der Waals surface area contributed by atoms with Crippen LogP contribution in [-0.4, -0.2) is 39.8 Å². The third-order valence-electron chi connectivity index (χ3n) is 4.86. The lowest BCUT2D eigenvalue weighted by Gasteiger charge is -2.19. The number of aliphatic imine (C=N–C) groups is 1. The van der Waals surface area contributed by atoms with Crippen molar-refractivity contribution in [2.24, 2.45) is 4.99 Å². The number of aromatic nitrogens is 2. The summed E-state index contributed by atoms with van der Waals surface area (Å²) in [5, 5.41) is 9.60. The number of hydrogen-bond donors (Lipinski definition) is 1. The van der Waals surface area contributed by atoms with E-state index in [1.807, 2.05) is 12.1 Å². The smallest absolute Gasteiger partial charge is 0.333 e. The summed E-state index contributed by atoms with van der Waals surface area (Å²) in [5.74, 6) is -0.506. The molecule has 0 aliphatic carbocycles. The zero-order chi connectivity index (χ0) is 19.5. The van der Waals surface area contributed by atoms with E-state index in [2.05, 4.69) is 14.9 Å². The zero-order valence-corrected chi connectivity index (χ0v) is 15.2. The standard InChI is InChI=1S/C21H20N4O3/c26-20-16(14-22-18(21(27)28)15-8-2-1-3-9-15)19(24-11-6-7-12-24)23-17-10-4-5-13-25(17)20/h1-5,8-10,13-14,18H,6-7,11-12H2,(H,27,28)/t18-/m0/s1. The van der Waals surface area contributed by atoms with Crippen LogP contribution in [0.5, 0.6) is 0 Å². The molecule has 0 bridgehead atoms. The minimum atomic E-state index is -1.08. The van der Waals surface area contributed by atoms with Gasteiger partial charge in [0.05, 0.1) is 0 Å². The normalized spacial score (nSPS) is 15.4. The molecule has 0 radical (unpaired) electrons. The number of pyridine rings is 1. The Labute approximate surface area is 161 Å². The summed E-state index contributed by atoms with van der Waals surface area (Å²) >= 11 is 0. The van der Waals surface area contributed by atoms with E-state index in [1.54, 1.807) is 42.6 Å².